The zero-order valence-corrected chi connectivity index (χ0v) is 4.40. The number of hydrogen-bond donors (Lipinski definition) is 0. The van der Waals surface area contributed by atoms with E-state index in [1.807, 2.05) is 0 Å². The molecule has 0 atom stereocenters. The van der Waals surface area contributed by atoms with Crippen LogP contribution in [0.5, 0.6) is 0 Å². The summed E-state index contributed by atoms with van der Waals surface area (Å²) in [6, 6.07) is 0. The molecule has 0 aromatic carbocycles. The molecule has 0 aromatic heterocycles. The Morgan fingerprint density at radius 3 is 1.78 bits per heavy atom. The summed E-state index contributed by atoms with van der Waals surface area (Å²) in [5.74, 6) is 0. The summed E-state index contributed by atoms with van der Waals surface area (Å²) < 4.78 is 33.6. The van der Waals surface area contributed by atoms with Crippen LogP contribution in [-0.4, -0.2) is 24.3 Å². The average molecular weight is 142 g/mol. The number of halogens is 3. The van der Waals surface area contributed by atoms with Crippen molar-refractivity contribution in [3.05, 3.63) is 0 Å². The smallest absolute Gasteiger partial charge is 0.220 e. The first-order chi connectivity index (χ1) is 3.85. The molecule has 0 saturated heterocycles. The molecule has 0 saturated carbocycles. The van der Waals surface area contributed by atoms with E-state index in [1.165, 1.54) is 0 Å². The van der Waals surface area contributed by atoms with Gasteiger partial charge < -0.3 is 0 Å². The van der Waals surface area contributed by atoms with Crippen molar-refractivity contribution in [2.24, 2.45) is 0 Å². The Kier molecular flexibility index (Phi) is 1.90. The fourth-order valence-corrected chi connectivity index (χ4v) is 0.104. The summed E-state index contributed by atoms with van der Waals surface area (Å²) in [5, 5.41) is 9.44. The van der Waals surface area contributed by atoms with Gasteiger partial charge in [-0.3, -0.25) is 0 Å². The molecule has 0 bridgehead atoms. The zero-order valence-electron chi connectivity index (χ0n) is 4.40. The van der Waals surface area contributed by atoms with E-state index in [2.05, 4.69) is 0 Å². The van der Waals surface area contributed by atoms with Gasteiger partial charge in [-0.15, -0.1) is 13.2 Å². The lowest BCUT2D eigenvalue weighted by Crippen LogP contribution is -2.37. The van der Waals surface area contributed by atoms with E-state index >= 15 is 0 Å². The SMILES string of the molecule is CN(C([O])=O)C(F)(F)F. The summed E-state index contributed by atoms with van der Waals surface area (Å²) in [4.78, 5) is 8.60. The van der Waals surface area contributed by atoms with E-state index < -0.39 is 17.3 Å². The quantitative estimate of drug-likeness (QED) is 0.465. The Labute approximate surface area is 48.7 Å². The third kappa shape index (κ3) is 2.20. The predicted octanol–water partition coefficient (Wildman–Crippen LogP) is 0.989. The van der Waals surface area contributed by atoms with Crippen molar-refractivity contribution >= 4 is 6.09 Å². The second-order valence-corrected chi connectivity index (χ2v) is 1.29. The van der Waals surface area contributed by atoms with Gasteiger partial charge in [-0.05, 0) is 0 Å². The average Bonchev–Trinajstić information content (AvgIpc) is 1.62. The number of rotatable bonds is 0. The molecule has 6 heteroatoms. The molecule has 0 spiro atoms. The minimum absolute atomic E-state index is 0.370. The first kappa shape index (κ1) is 8.06. The Hall–Kier alpha value is -0.940. The van der Waals surface area contributed by atoms with Crippen molar-refractivity contribution in [2.75, 3.05) is 7.05 Å². The second kappa shape index (κ2) is 2.12. The van der Waals surface area contributed by atoms with Gasteiger partial charge in [-0.2, -0.15) is 0 Å². The summed E-state index contributed by atoms with van der Waals surface area (Å²) >= 11 is 0. The third-order valence-electron chi connectivity index (χ3n) is 0.654. The van der Waals surface area contributed by atoms with Gasteiger partial charge in [0.15, 0.2) is 0 Å². The molecule has 0 aromatic rings. The molecular formula is C3H3F3NO2. The number of alkyl halides is 3. The Balaban J connectivity index is 4.04. The lowest BCUT2D eigenvalue weighted by molar-refractivity contribution is -0.221. The van der Waals surface area contributed by atoms with Crippen LogP contribution < -0.4 is 0 Å². The van der Waals surface area contributed by atoms with Crippen molar-refractivity contribution in [3.63, 3.8) is 0 Å². The highest BCUT2D eigenvalue weighted by atomic mass is 19.4. The lowest BCUT2D eigenvalue weighted by Gasteiger charge is -2.13. The number of nitrogens with zero attached hydrogens (tertiary/aromatic N) is 1. The summed E-state index contributed by atoms with van der Waals surface area (Å²) in [5.41, 5.74) is 0. The largest absolute Gasteiger partial charge is 0.489 e. The van der Waals surface area contributed by atoms with Gasteiger partial charge in [0, 0.05) is 7.05 Å². The van der Waals surface area contributed by atoms with Crippen LogP contribution in [0, 0.1) is 0 Å². The summed E-state index contributed by atoms with van der Waals surface area (Å²) in [6.07, 6.45) is -7.11. The molecule has 0 aliphatic heterocycles. The van der Waals surface area contributed by atoms with Gasteiger partial charge in [-0.25, -0.2) is 14.8 Å². The fourth-order valence-electron chi connectivity index (χ4n) is 0.104. The monoisotopic (exact) mass is 142 g/mol. The van der Waals surface area contributed by atoms with Gasteiger partial charge >= 0.3 is 12.4 Å². The third-order valence-corrected chi connectivity index (χ3v) is 0.654. The van der Waals surface area contributed by atoms with Crippen molar-refractivity contribution in [2.45, 2.75) is 6.30 Å². The van der Waals surface area contributed by atoms with Gasteiger partial charge in [-0.1, -0.05) is 0 Å². The highest BCUT2D eigenvalue weighted by Crippen LogP contribution is 2.18. The van der Waals surface area contributed by atoms with Crippen molar-refractivity contribution < 1.29 is 23.1 Å². The van der Waals surface area contributed by atoms with Crippen LogP contribution in [0.15, 0.2) is 0 Å². The van der Waals surface area contributed by atoms with Crippen molar-refractivity contribution in [1.29, 1.82) is 0 Å². The number of carbonyl (C=O) groups excluding carboxylic acids is 1. The summed E-state index contributed by atoms with van der Waals surface area (Å²) in [6.45, 7) is 0. The van der Waals surface area contributed by atoms with Gasteiger partial charge in [0.05, 0.1) is 0 Å². The van der Waals surface area contributed by atoms with Crippen LogP contribution in [0.3, 0.4) is 0 Å². The highest BCUT2D eigenvalue weighted by Gasteiger charge is 2.38. The van der Waals surface area contributed by atoms with Crippen LogP contribution in [-0.2, 0) is 5.11 Å². The van der Waals surface area contributed by atoms with E-state index in [1.54, 1.807) is 0 Å². The molecule has 0 rings (SSSR count). The maximum atomic E-state index is 11.2. The molecule has 0 N–H and O–H groups in total. The van der Waals surface area contributed by atoms with E-state index in [-0.39, 0.29) is 0 Å². The molecule has 0 unspecified atom stereocenters. The molecule has 0 aliphatic carbocycles. The standard InChI is InChI=1S/C3H3F3NO2/c1-7(2(8)9)3(4,5)6/h1H3. The van der Waals surface area contributed by atoms with Crippen molar-refractivity contribution in [1.82, 2.24) is 4.90 Å². The van der Waals surface area contributed by atoms with Gasteiger partial charge in [0.25, 0.3) is 0 Å². The molecule has 0 heterocycles. The van der Waals surface area contributed by atoms with Gasteiger partial charge in [0.1, 0.15) is 0 Å². The molecule has 1 amide bonds. The molecule has 0 aliphatic rings. The maximum Gasteiger partial charge on any atom is 0.489 e. The van der Waals surface area contributed by atoms with Gasteiger partial charge in [0.2, 0.25) is 0 Å². The number of carbonyl (C=O) groups is 1. The molecule has 0 fully saturated rings. The first-order valence-electron chi connectivity index (χ1n) is 1.87. The number of hydrogen-bond acceptors (Lipinski definition) is 1. The van der Waals surface area contributed by atoms with E-state index in [0.717, 1.165) is 0 Å². The first-order valence-corrected chi connectivity index (χ1v) is 1.87. The lowest BCUT2D eigenvalue weighted by atomic mass is 10.8. The minimum Gasteiger partial charge on any atom is -0.220 e. The topological polar surface area (TPSA) is 40.2 Å². The Bertz CT molecular complexity index is 121. The van der Waals surface area contributed by atoms with Crippen LogP contribution in [0.2, 0.25) is 0 Å². The van der Waals surface area contributed by atoms with Crippen LogP contribution in [0.1, 0.15) is 0 Å². The number of amides is 1. The molecule has 9 heavy (non-hydrogen) atoms. The van der Waals surface area contributed by atoms with Crippen LogP contribution in [0.25, 0.3) is 0 Å². The van der Waals surface area contributed by atoms with Crippen LogP contribution >= 0.6 is 0 Å². The summed E-state index contributed by atoms with van der Waals surface area (Å²) in [7, 11) is 0.370. The highest BCUT2D eigenvalue weighted by molar-refractivity contribution is 5.64. The molecular weight excluding hydrogens is 139 g/mol. The molecule has 53 valence electrons. The minimum atomic E-state index is -4.85. The van der Waals surface area contributed by atoms with Crippen LogP contribution in [0.4, 0.5) is 18.0 Å². The second-order valence-electron chi connectivity index (χ2n) is 1.29. The predicted molar refractivity (Wildman–Crippen MR) is 19.9 cm³/mol. The maximum absolute atomic E-state index is 11.2. The van der Waals surface area contributed by atoms with E-state index in [9.17, 15) is 23.1 Å². The van der Waals surface area contributed by atoms with Crippen molar-refractivity contribution in [3.8, 4) is 0 Å². The Morgan fingerprint density at radius 1 is 1.44 bits per heavy atom. The molecule has 1 radical (unpaired) electrons. The Morgan fingerprint density at radius 2 is 1.78 bits per heavy atom. The van der Waals surface area contributed by atoms with E-state index in [0.29, 0.717) is 7.05 Å². The molecule has 3 nitrogen and oxygen atoms in total. The normalized spacial score (nSPS) is 11.1. The van der Waals surface area contributed by atoms with E-state index in [4.69, 9.17) is 0 Å². The fraction of sp³-hybridized carbons (Fsp3) is 0.667. The zero-order chi connectivity index (χ0) is 7.65.